The van der Waals surface area contributed by atoms with Crippen LogP contribution in [-0.4, -0.2) is 58.7 Å². The van der Waals surface area contributed by atoms with Crippen LogP contribution < -0.4 is 0 Å². The van der Waals surface area contributed by atoms with Gasteiger partial charge in [0.25, 0.3) is 0 Å². The molecule has 0 bridgehead atoms. The molecule has 7 heteroatoms. The van der Waals surface area contributed by atoms with Gasteiger partial charge in [-0.3, -0.25) is 4.90 Å². The molecule has 0 radical (unpaired) electrons. The second-order valence-corrected chi connectivity index (χ2v) is 6.69. The summed E-state index contributed by atoms with van der Waals surface area (Å²) in [5.74, 6) is -0.509. The minimum Gasteiger partial charge on any atom is -0.475 e. The quantitative estimate of drug-likeness (QED) is 0.920. The molecule has 0 aromatic carbocycles. The summed E-state index contributed by atoms with van der Waals surface area (Å²) in [6.45, 7) is 10.0. The fraction of sp³-hybridized carbons (Fsp3) is 0.625. The van der Waals surface area contributed by atoms with Gasteiger partial charge in [0.1, 0.15) is 11.4 Å². The van der Waals surface area contributed by atoms with E-state index in [1.54, 1.807) is 11.0 Å². The van der Waals surface area contributed by atoms with Crippen molar-refractivity contribution in [1.82, 2.24) is 9.80 Å². The van der Waals surface area contributed by atoms with Gasteiger partial charge < -0.3 is 19.2 Å². The number of carboxylic acids is 1. The lowest BCUT2D eigenvalue weighted by molar-refractivity contribution is 0.00994. The fourth-order valence-corrected chi connectivity index (χ4v) is 2.49. The van der Waals surface area contributed by atoms with Gasteiger partial charge in [0, 0.05) is 26.2 Å². The summed E-state index contributed by atoms with van der Waals surface area (Å²) < 4.78 is 10.7. The lowest BCUT2D eigenvalue weighted by atomic mass is 10.2. The van der Waals surface area contributed by atoms with E-state index in [-0.39, 0.29) is 17.9 Å². The van der Waals surface area contributed by atoms with Crippen molar-refractivity contribution >= 4 is 12.1 Å². The normalized spacial score (nSPS) is 17.8. The highest BCUT2D eigenvalue weighted by atomic mass is 16.6. The number of hydrogen-bond acceptors (Lipinski definition) is 5. The highest BCUT2D eigenvalue weighted by Gasteiger charge is 2.29. The number of furan rings is 1. The number of aromatic carboxylic acids is 1. The zero-order valence-corrected chi connectivity index (χ0v) is 14.0. The highest BCUT2D eigenvalue weighted by molar-refractivity contribution is 5.84. The van der Waals surface area contributed by atoms with E-state index in [1.165, 1.54) is 6.07 Å². The Kier molecular flexibility index (Phi) is 4.99. The fourth-order valence-electron chi connectivity index (χ4n) is 2.49. The molecule has 128 valence electrons. The van der Waals surface area contributed by atoms with Gasteiger partial charge in [-0.25, -0.2) is 9.59 Å². The van der Waals surface area contributed by atoms with Crippen LogP contribution in [0.3, 0.4) is 0 Å². The summed E-state index contributed by atoms with van der Waals surface area (Å²) in [6.07, 6.45) is -0.295. The molecule has 0 saturated carbocycles. The average molecular weight is 324 g/mol. The third-order valence-corrected chi connectivity index (χ3v) is 3.76. The van der Waals surface area contributed by atoms with Crippen molar-refractivity contribution in [2.24, 2.45) is 0 Å². The lowest BCUT2D eigenvalue weighted by Crippen LogP contribution is -2.50. The number of rotatable bonds is 3. The SMILES string of the molecule is CC(c1ccc(C(=O)O)o1)N1CCN(C(=O)OC(C)(C)C)CC1. The molecule has 1 unspecified atom stereocenters. The molecular formula is C16H24N2O5. The molecule has 23 heavy (non-hydrogen) atoms. The van der Waals surface area contributed by atoms with E-state index in [4.69, 9.17) is 14.3 Å². The smallest absolute Gasteiger partial charge is 0.410 e. The van der Waals surface area contributed by atoms with Crippen LogP contribution in [0.15, 0.2) is 16.5 Å². The summed E-state index contributed by atoms with van der Waals surface area (Å²) in [5, 5.41) is 8.91. The van der Waals surface area contributed by atoms with Gasteiger partial charge in [-0.1, -0.05) is 0 Å². The molecule has 7 nitrogen and oxygen atoms in total. The Labute approximate surface area is 135 Å². The summed E-state index contributed by atoms with van der Waals surface area (Å²) in [6, 6.07) is 3.11. The van der Waals surface area contributed by atoms with Crippen molar-refractivity contribution in [1.29, 1.82) is 0 Å². The van der Waals surface area contributed by atoms with Crippen LogP contribution in [0.4, 0.5) is 4.79 Å². The molecule has 1 fully saturated rings. The number of amides is 1. The third-order valence-electron chi connectivity index (χ3n) is 3.76. The van der Waals surface area contributed by atoms with E-state index in [9.17, 15) is 9.59 Å². The summed E-state index contributed by atoms with van der Waals surface area (Å²) in [5.41, 5.74) is -0.497. The Morgan fingerprint density at radius 3 is 2.30 bits per heavy atom. The lowest BCUT2D eigenvalue weighted by Gasteiger charge is -2.37. The standard InChI is InChI=1S/C16H24N2O5/c1-11(12-5-6-13(22-12)14(19)20)17-7-9-18(10-8-17)15(21)23-16(2,3)4/h5-6,11H,7-10H2,1-4H3,(H,19,20). The molecule has 1 saturated heterocycles. The van der Waals surface area contributed by atoms with Gasteiger partial charge in [0.15, 0.2) is 0 Å². The van der Waals surface area contributed by atoms with Crippen LogP contribution in [0.1, 0.15) is 50.1 Å². The van der Waals surface area contributed by atoms with Gasteiger partial charge in [0.2, 0.25) is 5.76 Å². The average Bonchev–Trinajstić information content (AvgIpc) is 2.95. The molecule has 2 rings (SSSR count). The van der Waals surface area contributed by atoms with Crippen molar-refractivity contribution in [3.8, 4) is 0 Å². The van der Waals surface area contributed by atoms with Crippen molar-refractivity contribution in [2.45, 2.75) is 39.3 Å². The number of hydrogen-bond donors (Lipinski definition) is 1. The number of carbonyl (C=O) groups excluding carboxylic acids is 1. The van der Waals surface area contributed by atoms with E-state index in [0.717, 1.165) is 0 Å². The van der Waals surface area contributed by atoms with Crippen LogP contribution in [0.25, 0.3) is 0 Å². The van der Waals surface area contributed by atoms with Gasteiger partial charge in [-0.2, -0.15) is 0 Å². The molecule has 1 aliphatic rings. The van der Waals surface area contributed by atoms with E-state index in [0.29, 0.717) is 31.9 Å². The molecule has 1 N–H and O–H groups in total. The molecule has 1 amide bonds. The van der Waals surface area contributed by atoms with Crippen LogP contribution >= 0.6 is 0 Å². The molecule has 1 aliphatic heterocycles. The first kappa shape index (κ1) is 17.3. The van der Waals surface area contributed by atoms with Gasteiger partial charge in [0.05, 0.1) is 6.04 Å². The predicted octanol–water partition coefficient (Wildman–Crippen LogP) is 2.59. The maximum absolute atomic E-state index is 12.0. The summed E-state index contributed by atoms with van der Waals surface area (Å²) in [7, 11) is 0. The Hall–Kier alpha value is -2.02. The summed E-state index contributed by atoms with van der Waals surface area (Å²) >= 11 is 0. The molecule has 2 heterocycles. The molecule has 0 spiro atoms. The van der Waals surface area contributed by atoms with Gasteiger partial charge >= 0.3 is 12.1 Å². The molecule has 1 aromatic heterocycles. The topological polar surface area (TPSA) is 83.2 Å². The van der Waals surface area contributed by atoms with E-state index in [2.05, 4.69) is 4.90 Å². The number of ether oxygens (including phenoxy) is 1. The Balaban J connectivity index is 1.90. The second-order valence-electron chi connectivity index (χ2n) is 6.69. The van der Waals surface area contributed by atoms with Crippen molar-refractivity contribution in [3.05, 3.63) is 23.7 Å². The highest BCUT2D eigenvalue weighted by Crippen LogP contribution is 2.24. The Bertz CT molecular complexity index is 567. The second kappa shape index (κ2) is 6.62. The largest absolute Gasteiger partial charge is 0.475 e. The predicted molar refractivity (Wildman–Crippen MR) is 83.5 cm³/mol. The van der Waals surface area contributed by atoms with Crippen LogP contribution in [-0.2, 0) is 4.74 Å². The molecular weight excluding hydrogens is 300 g/mol. The maximum atomic E-state index is 12.0. The number of carboxylic acid groups (broad SMARTS) is 1. The number of piperazine rings is 1. The van der Waals surface area contributed by atoms with E-state index in [1.807, 2.05) is 27.7 Å². The van der Waals surface area contributed by atoms with Gasteiger partial charge in [-0.15, -0.1) is 0 Å². The zero-order valence-electron chi connectivity index (χ0n) is 14.0. The summed E-state index contributed by atoms with van der Waals surface area (Å²) in [4.78, 5) is 26.8. The minimum absolute atomic E-state index is 0.0381. The Morgan fingerprint density at radius 2 is 1.83 bits per heavy atom. The number of carbonyl (C=O) groups is 2. The molecule has 0 aliphatic carbocycles. The first-order valence-electron chi connectivity index (χ1n) is 7.72. The third kappa shape index (κ3) is 4.48. The van der Waals surface area contributed by atoms with Crippen molar-refractivity contribution < 1.29 is 23.8 Å². The maximum Gasteiger partial charge on any atom is 0.410 e. The molecule has 1 atom stereocenters. The number of nitrogens with zero attached hydrogens (tertiary/aromatic N) is 2. The zero-order chi connectivity index (χ0) is 17.2. The molecule has 1 aromatic rings. The Morgan fingerprint density at radius 1 is 1.22 bits per heavy atom. The van der Waals surface area contributed by atoms with Crippen LogP contribution in [0.5, 0.6) is 0 Å². The first-order valence-corrected chi connectivity index (χ1v) is 7.72. The van der Waals surface area contributed by atoms with Crippen molar-refractivity contribution in [2.75, 3.05) is 26.2 Å². The van der Waals surface area contributed by atoms with E-state index >= 15 is 0 Å². The van der Waals surface area contributed by atoms with Crippen molar-refractivity contribution in [3.63, 3.8) is 0 Å². The first-order chi connectivity index (χ1) is 10.7. The van der Waals surface area contributed by atoms with Crippen LogP contribution in [0.2, 0.25) is 0 Å². The van der Waals surface area contributed by atoms with Gasteiger partial charge in [-0.05, 0) is 39.8 Å². The monoisotopic (exact) mass is 324 g/mol. The van der Waals surface area contributed by atoms with Crippen LogP contribution in [0, 0.1) is 0 Å². The van der Waals surface area contributed by atoms with E-state index < -0.39 is 11.6 Å². The minimum atomic E-state index is -1.07.